The molecule has 0 spiro atoms. The Kier molecular flexibility index (Phi) is 4.74. The van der Waals surface area contributed by atoms with Crippen LogP contribution in [0.1, 0.15) is 5.69 Å². The van der Waals surface area contributed by atoms with Crippen LogP contribution in [-0.4, -0.2) is 19.6 Å². The number of halogens is 1. The molecule has 0 bridgehead atoms. The highest BCUT2D eigenvalue weighted by molar-refractivity contribution is 8.00. The molecule has 29 heavy (non-hydrogen) atoms. The van der Waals surface area contributed by atoms with Gasteiger partial charge in [-0.2, -0.15) is 0 Å². The van der Waals surface area contributed by atoms with Crippen molar-refractivity contribution in [1.82, 2.24) is 19.6 Å². The van der Waals surface area contributed by atoms with E-state index in [1.54, 1.807) is 28.7 Å². The van der Waals surface area contributed by atoms with Crippen molar-refractivity contribution in [2.24, 2.45) is 0 Å². The van der Waals surface area contributed by atoms with Crippen molar-refractivity contribution in [1.29, 1.82) is 0 Å². The van der Waals surface area contributed by atoms with E-state index in [-0.39, 0.29) is 11.4 Å². The van der Waals surface area contributed by atoms with Crippen molar-refractivity contribution in [3.05, 3.63) is 76.5 Å². The van der Waals surface area contributed by atoms with E-state index in [4.69, 9.17) is 0 Å². The lowest BCUT2D eigenvalue weighted by atomic mass is 10.3. The van der Waals surface area contributed by atoms with Gasteiger partial charge in [0.2, 0.25) is 5.13 Å². The Hall–Kier alpha value is -2.82. The van der Waals surface area contributed by atoms with Gasteiger partial charge in [0.15, 0.2) is 9.30 Å². The second-order valence-corrected chi connectivity index (χ2v) is 9.25. The smallest absolute Gasteiger partial charge is 0.259 e. The number of hydrogen-bond acceptors (Lipinski definition) is 8. The highest BCUT2D eigenvalue weighted by Crippen LogP contribution is 2.30. The third kappa shape index (κ3) is 3.61. The standard InChI is InChI=1S/C19H12FN5OS3/c20-12-5-1-2-6-13(12)22-17-23-24-19(29-17)27-10-11-9-16(26)25-14-7-3-4-8-15(14)28-18(25)21-11/h1-9H,10H2,(H,22,23). The average Bonchev–Trinajstić information content (AvgIpc) is 3.32. The molecule has 0 radical (unpaired) electrons. The largest absolute Gasteiger partial charge is 0.328 e. The molecule has 5 aromatic rings. The minimum absolute atomic E-state index is 0.0952. The fourth-order valence-electron chi connectivity index (χ4n) is 2.83. The quantitative estimate of drug-likeness (QED) is 0.390. The predicted octanol–water partition coefficient (Wildman–Crippen LogP) is 4.94. The maximum absolute atomic E-state index is 13.7. The van der Waals surface area contributed by atoms with E-state index in [9.17, 15) is 9.18 Å². The van der Waals surface area contributed by atoms with E-state index >= 15 is 0 Å². The minimum atomic E-state index is -0.349. The zero-order valence-electron chi connectivity index (χ0n) is 14.7. The van der Waals surface area contributed by atoms with E-state index in [0.29, 0.717) is 31.6 Å². The van der Waals surface area contributed by atoms with Gasteiger partial charge in [0, 0.05) is 11.8 Å². The number of benzene rings is 2. The van der Waals surface area contributed by atoms with Crippen LogP contribution in [0.15, 0.2) is 63.7 Å². The van der Waals surface area contributed by atoms with Gasteiger partial charge in [0.1, 0.15) is 5.82 Å². The van der Waals surface area contributed by atoms with Crippen LogP contribution in [0.4, 0.5) is 15.2 Å². The van der Waals surface area contributed by atoms with Gasteiger partial charge in [-0.25, -0.2) is 9.37 Å². The van der Waals surface area contributed by atoms with Gasteiger partial charge in [0.05, 0.1) is 21.6 Å². The van der Waals surface area contributed by atoms with E-state index in [1.165, 1.54) is 40.5 Å². The van der Waals surface area contributed by atoms with Crippen LogP contribution < -0.4 is 10.9 Å². The molecule has 0 atom stereocenters. The van der Waals surface area contributed by atoms with Crippen molar-refractivity contribution in [3.63, 3.8) is 0 Å². The van der Waals surface area contributed by atoms with Crippen molar-refractivity contribution in [2.75, 3.05) is 5.32 Å². The van der Waals surface area contributed by atoms with Crippen LogP contribution in [0.3, 0.4) is 0 Å². The molecule has 3 aromatic heterocycles. The average molecular weight is 442 g/mol. The number of fused-ring (bicyclic) bond motifs is 3. The van der Waals surface area contributed by atoms with Crippen molar-refractivity contribution in [2.45, 2.75) is 10.1 Å². The number of aromatic nitrogens is 4. The molecule has 0 aliphatic rings. The molecule has 1 N–H and O–H groups in total. The van der Waals surface area contributed by atoms with Crippen LogP contribution in [0.5, 0.6) is 0 Å². The molecule has 0 saturated heterocycles. The first kappa shape index (κ1) is 18.2. The molecule has 0 amide bonds. The molecule has 0 unspecified atom stereocenters. The van der Waals surface area contributed by atoms with Gasteiger partial charge in [0.25, 0.3) is 5.56 Å². The van der Waals surface area contributed by atoms with Crippen molar-refractivity contribution in [3.8, 4) is 0 Å². The Balaban J connectivity index is 1.34. The van der Waals surface area contributed by atoms with Crippen LogP contribution in [0.2, 0.25) is 0 Å². The Bertz CT molecular complexity index is 1390. The summed E-state index contributed by atoms with van der Waals surface area (Å²) in [5, 5.41) is 11.6. The molecular formula is C19H12FN5OS3. The summed E-state index contributed by atoms with van der Waals surface area (Å²) < 4.78 is 17.1. The summed E-state index contributed by atoms with van der Waals surface area (Å²) in [7, 11) is 0. The fourth-order valence-corrected chi connectivity index (χ4v) is 5.54. The zero-order valence-corrected chi connectivity index (χ0v) is 17.2. The van der Waals surface area contributed by atoms with E-state index in [2.05, 4.69) is 20.5 Å². The van der Waals surface area contributed by atoms with Gasteiger partial charge in [-0.15, -0.1) is 10.2 Å². The third-order valence-corrected chi connectivity index (χ3v) is 7.14. The van der Waals surface area contributed by atoms with Crippen molar-refractivity contribution < 1.29 is 4.39 Å². The molecule has 10 heteroatoms. The highest BCUT2D eigenvalue weighted by atomic mass is 32.2. The monoisotopic (exact) mass is 441 g/mol. The summed E-state index contributed by atoms with van der Waals surface area (Å²) in [6.07, 6.45) is 0. The third-order valence-electron chi connectivity index (χ3n) is 4.11. The van der Waals surface area contributed by atoms with Crippen LogP contribution in [0.25, 0.3) is 15.2 Å². The van der Waals surface area contributed by atoms with Gasteiger partial charge in [-0.3, -0.25) is 9.20 Å². The molecule has 144 valence electrons. The van der Waals surface area contributed by atoms with E-state index < -0.39 is 0 Å². The number of thiazole rings is 1. The first-order valence-corrected chi connectivity index (χ1v) is 11.2. The molecule has 2 aromatic carbocycles. The number of hydrogen-bond donors (Lipinski definition) is 1. The number of anilines is 2. The molecule has 5 rings (SSSR count). The van der Waals surface area contributed by atoms with Gasteiger partial charge >= 0.3 is 0 Å². The highest BCUT2D eigenvalue weighted by Gasteiger charge is 2.11. The first-order chi connectivity index (χ1) is 14.2. The lowest BCUT2D eigenvalue weighted by Gasteiger charge is -2.02. The van der Waals surface area contributed by atoms with E-state index in [1.807, 2.05) is 24.3 Å². The predicted molar refractivity (Wildman–Crippen MR) is 116 cm³/mol. The number of rotatable bonds is 5. The number of thioether (sulfide) groups is 1. The Morgan fingerprint density at radius 3 is 2.79 bits per heavy atom. The summed E-state index contributed by atoms with van der Waals surface area (Å²) in [6.45, 7) is 0. The summed E-state index contributed by atoms with van der Waals surface area (Å²) >= 11 is 4.25. The van der Waals surface area contributed by atoms with E-state index in [0.717, 1.165) is 10.2 Å². The molecule has 3 heterocycles. The van der Waals surface area contributed by atoms with Gasteiger partial charge in [-0.05, 0) is 24.3 Å². The van der Waals surface area contributed by atoms with Crippen LogP contribution >= 0.6 is 34.4 Å². The molecule has 0 saturated carbocycles. The summed E-state index contributed by atoms with van der Waals surface area (Å²) in [6, 6.07) is 15.7. The SMILES string of the molecule is O=c1cc(CSc2nnc(Nc3ccccc3F)s2)nc2sc3ccccc3n12. The first-order valence-electron chi connectivity index (χ1n) is 8.55. The second kappa shape index (κ2) is 7.54. The lowest BCUT2D eigenvalue weighted by molar-refractivity contribution is 0.632. The number of nitrogens with zero attached hydrogens (tertiary/aromatic N) is 4. The minimum Gasteiger partial charge on any atom is -0.328 e. The Morgan fingerprint density at radius 2 is 1.90 bits per heavy atom. The zero-order chi connectivity index (χ0) is 19.8. The molecular weight excluding hydrogens is 429 g/mol. The van der Waals surface area contributed by atoms with Crippen LogP contribution in [0, 0.1) is 5.82 Å². The topological polar surface area (TPSA) is 72.2 Å². The molecule has 0 fully saturated rings. The Labute approximate surface area is 176 Å². The summed E-state index contributed by atoms with van der Waals surface area (Å²) in [4.78, 5) is 17.9. The lowest BCUT2D eigenvalue weighted by Crippen LogP contribution is -2.13. The van der Waals surface area contributed by atoms with Crippen LogP contribution in [-0.2, 0) is 5.75 Å². The molecule has 0 aliphatic carbocycles. The Morgan fingerprint density at radius 1 is 1.07 bits per heavy atom. The summed E-state index contributed by atoms with van der Waals surface area (Å²) in [5.74, 6) is 0.145. The van der Waals surface area contributed by atoms with Gasteiger partial charge < -0.3 is 5.32 Å². The van der Waals surface area contributed by atoms with Crippen molar-refractivity contribution >= 4 is 60.4 Å². The number of nitrogens with one attached hydrogen (secondary N) is 1. The molecule has 0 aliphatic heterocycles. The second-order valence-electron chi connectivity index (χ2n) is 6.04. The fraction of sp³-hybridized carbons (Fsp3) is 0.0526. The normalized spacial score (nSPS) is 11.3. The molecule has 6 nitrogen and oxygen atoms in total. The summed E-state index contributed by atoms with van der Waals surface area (Å²) in [5.41, 5.74) is 1.81. The number of para-hydroxylation sites is 2. The van der Waals surface area contributed by atoms with Gasteiger partial charge in [-0.1, -0.05) is 58.7 Å². The maximum Gasteiger partial charge on any atom is 0.259 e. The maximum atomic E-state index is 13.7.